The van der Waals surface area contributed by atoms with Crippen LogP contribution in [-0.4, -0.2) is 63.3 Å². The molecular formula is C17H23N5O4. The van der Waals surface area contributed by atoms with E-state index in [1.165, 1.54) is 0 Å². The summed E-state index contributed by atoms with van der Waals surface area (Å²) < 4.78 is 0. The van der Waals surface area contributed by atoms with Gasteiger partial charge in [0.2, 0.25) is 5.91 Å². The van der Waals surface area contributed by atoms with Gasteiger partial charge in [-0.3, -0.25) is 19.3 Å². The quantitative estimate of drug-likeness (QED) is 0.716. The molecule has 2 aliphatic rings. The Balaban J connectivity index is 1.65. The summed E-state index contributed by atoms with van der Waals surface area (Å²) in [6.45, 7) is 4.79. The summed E-state index contributed by atoms with van der Waals surface area (Å²) in [5.74, 6) is 0.00352. The minimum absolute atomic E-state index is 0.0655. The minimum atomic E-state index is -0.809. The smallest absolute Gasteiger partial charge is 0.324 e. The summed E-state index contributed by atoms with van der Waals surface area (Å²) >= 11 is 0. The molecule has 9 heteroatoms. The molecule has 0 bridgehead atoms. The van der Waals surface area contributed by atoms with Crippen molar-refractivity contribution in [2.45, 2.75) is 45.6 Å². The Hall–Kier alpha value is -2.71. The fourth-order valence-corrected chi connectivity index (χ4v) is 3.44. The van der Waals surface area contributed by atoms with Crippen molar-refractivity contribution in [3.63, 3.8) is 0 Å². The van der Waals surface area contributed by atoms with Crippen molar-refractivity contribution < 1.29 is 14.4 Å². The number of H-pyrrole nitrogens is 1. The second kappa shape index (κ2) is 7.27. The first kappa shape index (κ1) is 18.1. The lowest BCUT2D eigenvalue weighted by molar-refractivity contribution is -0.135. The number of hydrogen-bond acceptors (Lipinski definition) is 5. The Kier molecular flexibility index (Phi) is 5.06. The predicted molar refractivity (Wildman–Crippen MR) is 92.5 cm³/mol. The standard InChI is InChI=1S/C17H23N5O4/c1-3-6-22-16(25)13(20-17(22)26)9-14(23)21-7-4-11-12(5-8-21)18-10(2)19-15(11)24/h13H,3-9H2,1-2H3,(H,20,26)(H,18,19,24)/t13-/m0/s1. The number of aromatic nitrogens is 2. The van der Waals surface area contributed by atoms with Crippen molar-refractivity contribution in [3.8, 4) is 0 Å². The van der Waals surface area contributed by atoms with Gasteiger partial charge in [-0.05, 0) is 19.8 Å². The average Bonchev–Trinajstić information content (AvgIpc) is 2.76. The highest BCUT2D eigenvalue weighted by Gasteiger charge is 2.39. The first-order chi connectivity index (χ1) is 12.4. The van der Waals surface area contributed by atoms with Crippen LogP contribution in [0.25, 0.3) is 0 Å². The number of urea groups is 1. The van der Waals surface area contributed by atoms with Gasteiger partial charge in [-0.25, -0.2) is 9.78 Å². The molecule has 0 aromatic carbocycles. The van der Waals surface area contributed by atoms with Gasteiger partial charge in [-0.15, -0.1) is 0 Å². The molecule has 140 valence electrons. The van der Waals surface area contributed by atoms with Crippen molar-refractivity contribution in [1.82, 2.24) is 25.1 Å². The first-order valence-electron chi connectivity index (χ1n) is 8.89. The van der Waals surface area contributed by atoms with Crippen molar-refractivity contribution >= 4 is 17.8 Å². The third-order valence-corrected chi connectivity index (χ3v) is 4.76. The fourth-order valence-electron chi connectivity index (χ4n) is 3.44. The number of fused-ring (bicyclic) bond motifs is 1. The van der Waals surface area contributed by atoms with Gasteiger partial charge in [-0.1, -0.05) is 6.92 Å². The molecule has 3 rings (SSSR count). The predicted octanol–water partition coefficient (Wildman–Crippen LogP) is -0.274. The largest absolute Gasteiger partial charge is 0.342 e. The van der Waals surface area contributed by atoms with Crippen molar-refractivity contribution in [2.75, 3.05) is 19.6 Å². The number of rotatable bonds is 4. The number of hydrogen-bond donors (Lipinski definition) is 2. The monoisotopic (exact) mass is 361 g/mol. The van der Waals surface area contributed by atoms with Gasteiger partial charge in [0, 0.05) is 31.6 Å². The van der Waals surface area contributed by atoms with Gasteiger partial charge in [0.1, 0.15) is 11.9 Å². The number of nitrogens with zero attached hydrogens (tertiary/aromatic N) is 3. The summed E-state index contributed by atoms with van der Waals surface area (Å²) in [5.41, 5.74) is 1.18. The van der Waals surface area contributed by atoms with E-state index in [-0.39, 0.29) is 23.8 Å². The topological polar surface area (TPSA) is 115 Å². The van der Waals surface area contributed by atoms with Crippen LogP contribution in [0.4, 0.5) is 4.79 Å². The maximum atomic E-state index is 12.6. The molecule has 0 radical (unpaired) electrons. The average molecular weight is 361 g/mol. The third kappa shape index (κ3) is 3.47. The summed E-state index contributed by atoms with van der Waals surface area (Å²) in [6.07, 6.45) is 1.53. The highest BCUT2D eigenvalue weighted by Crippen LogP contribution is 2.15. The molecule has 0 spiro atoms. The lowest BCUT2D eigenvalue weighted by Gasteiger charge is -2.21. The summed E-state index contributed by atoms with van der Waals surface area (Å²) in [4.78, 5) is 58.7. The molecule has 1 atom stereocenters. The Bertz CT molecular complexity index is 803. The first-order valence-corrected chi connectivity index (χ1v) is 8.89. The molecule has 2 aliphatic heterocycles. The third-order valence-electron chi connectivity index (χ3n) is 4.76. The summed E-state index contributed by atoms with van der Waals surface area (Å²) in [5, 5.41) is 2.58. The van der Waals surface area contributed by atoms with E-state index in [2.05, 4.69) is 15.3 Å². The van der Waals surface area contributed by atoms with Crippen LogP contribution in [-0.2, 0) is 22.4 Å². The Morgan fingerprint density at radius 1 is 1.23 bits per heavy atom. The molecule has 0 saturated carbocycles. The van der Waals surface area contributed by atoms with Crippen molar-refractivity contribution in [1.29, 1.82) is 0 Å². The zero-order chi connectivity index (χ0) is 18.8. The molecule has 1 aromatic heterocycles. The fraction of sp³-hybridized carbons (Fsp3) is 0.588. The lowest BCUT2D eigenvalue weighted by Crippen LogP contribution is -2.40. The maximum Gasteiger partial charge on any atom is 0.324 e. The molecule has 2 N–H and O–H groups in total. The van der Waals surface area contributed by atoms with E-state index in [9.17, 15) is 19.2 Å². The van der Waals surface area contributed by atoms with E-state index in [1.807, 2.05) is 6.92 Å². The van der Waals surface area contributed by atoms with Crippen molar-refractivity contribution in [2.24, 2.45) is 0 Å². The maximum absolute atomic E-state index is 12.6. The van der Waals surface area contributed by atoms with Crippen LogP contribution in [0.5, 0.6) is 0 Å². The van der Waals surface area contributed by atoms with Crippen LogP contribution >= 0.6 is 0 Å². The number of amides is 4. The van der Waals surface area contributed by atoms with Crippen LogP contribution in [0.2, 0.25) is 0 Å². The summed E-state index contributed by atoms with van der Waals surface area (Å²) in [7, 11) is 0. The normalized spacial score (nSPS) is 20.0. The zero-order valence-electron chi connectivity index (χ0n) is 15.0. The van der Waals surface area contributed by atoms with Gasteiger partial charge >= 0.3 is 6.03 Å². The molecular weight excluding hydrogens is 338 g/mol. The molecule has 9 nitrogen and oxygen atoms in total. The second-order valence-electron chi connectivity index (χ2n) is 6.65. The highest BCUT2D eigenvalue weighted by atomic mass is 16.2. The van der Waals surface area contributed by atoms with E-state index >= 15 is 0 Å². The van der Waals surface area contributed by atoms with Gasteiger partial charge in [0.25, 0.3) is 11.5 Å². The summed E-state index contributed by atoms with van der Waals surface area (Å²) in [6, 6.07) is -1.25. The van der Waals surface area contributed by atoms with Crippen LogP contribution in [0.1, 0.15) is 36.8 Å². The molecule has 1 fully saturated rings. The van der Waals surface area contributed by atoms with E-state index < -0.39 is 12.1 Å². The van der Waals surface area contributed by atoms with Crippen LogP contribution in [0.15, 0.2) is 4.79 Å². The van der Waals surface area contributed by atoms with E-state index in [1.54, 1.807) is 11.8 Å². The Labute approximate surface area is 150 Å². The molecule has 0 aliphatic carbocycles. The highest BCUT2D eigenvalue weighted by molar-refractivity contribution is 6.05. The van der Waals surface area contributed by atoms with E-state index in [0.717, 1.165) is 10.6 Å². The number of aryl methyl sites for hydroxylation is 1. The second-order valence-corrected chi connectivity index (χ2v) is 6.65. The molecule has 4 amide bonds. The Morgan fingerprint density at radius 3 is 2.69 bits per heavy atom. The molecule has 1 aromatic rings. The lowest BCUT2D eigenvalue weighted by atomic mass is 10.1. The minimum Gasteiger partial charge on any atom is -0.342 e. The van der Waals surface area contributed by atoms with Gasteiger partial charge in [0.05, 0.1) is 12.1 Å². The van der Waals surface area contributed by atoms with Crippen LogP contribution in [0.3, 0.4) is 0 Å². The molecule has 1 saturated heterocycles. The number of aromatic amines is 1. The van der Waals surface area contributed by atoms with Gasteiger partial charge in [-0.2, -0.15) is 0 Å². The van der Waals surface area contributed by atoms with Crippen LogP contribution < -0.4 is 10.9 Å². The number of carbonyl (C=O) groups is 3. The van der Waals surface area contributed by atoms with Crippen LogP contribution in [0, 0.1) is 6.92 Å². The SMILES string of the molecule is CCCN1C(=O)N[C@@H](CC(=O)N2CCc3nc(C)[nH]c(=O)c3CC2)C1=O. The Morgan fingerprint density at radius 2 is 1.96 bits per heavy atom. The molecule has 26 heavy (non-hydrogen) atoms. The number of imide groups is 1. The van der Waals surface area contributed by atoms with E-state index in [0.29, 0.717) is 50.3 Å². The number of nitrogens with one attached hydrogen (secondary N) is 2. The van der Waals surface area contributed by atoms with Gasteiger partial charge in [0.15, 0.2) is 0 Å². The van der Waals surface area contributed by atoms with Gasteiger partial charge < -0.3 is 15.2 Å². The van der Waals surface area contributed by atoms with Crippen molar-refractivity contribution in [3.05, 3.63) is 27.4 Å². The molecule has 0 unspecified atom stereocenters. The zero-order valence-corrected chi connectivity index (χ0v) is 15.0. The van der Waals surface area contributed by atoms with E-state index in [4.69, 9.17) is 0 Å². The number of carbonyl (C=O) groups excluding carboxylic acids is 3. The molecule has 3 heterocycles.